The number of rotatable bonds is 6. The van der Waals surface area contributed by atoms with Crippen LogP contribution in [0.5, 0.6) is 0 Å². The van der Waals surface area contributed by atoms with Gasteiger partial charge in [-0.05, 0) is 84.8 Å². The number of allylic oxidation sites excluding steroid dienone is 4. The number of carboxylic acids is 1. The first-order valence-corrected chi connectivity index (χ1v) is 14.2. The fourth-order valence-electron chi connectivity index (χ4n) is 9.16. The third-order valence-corrected chi connectivity index (χ3v) is 11.6. The van der Waals surface area contributed by atoms with Crippen molar-refractivity contribution in [2.45, 2.75) is 106 Å². The average molecular weight is 527 g/mol. The van der Waals surface area contributed by atoms with Crippen molar-refractivity contribution in [3.63, 3.8) is 0 Å². The van der Waals surface area contributed by atoms with Crippen molar-refractivity contribution in [1.82, 2.24) is 0 Å². The highest BCUT2D eigenvalue weighted by Crippen LogP contribution is 2.71. The van der Waals surface area contributed by atoms with Crippen molar-refractivity contribution < 1.29 is 29.3 Å². The van der Waals surface area contributed by atoms with Crippen LogP contribution in [0.25, 0.3) is 0 Å². The Bertz CT molecular complexity index is 1130. The van der Waals surface area contributed by atoms with Gasteiger partial charge in [-0.15, -0.1) is 0 Å². The molecule has 4 rings (SSSR count). The van der Waals surface area contributed by atoms with Crippen LogP contribution in [0.2, 0.25) is 0 Å². The molecule has 6 nitrogen and oxygen atoms in total. The van der Waals surface area contributed by atoms with E-state index in [0.717, 1.165) is 25.7 Å². The minimum absolute atomic E-state index is 0.0161. The van der Waals surface area contributed by atoms with Crippen molar-refractivity contribution in [2.24, 2.45) is 39.4 Å². The summed E-state index contributed by atoms with van der Waals surface area (Å²) in [5, 5.41) is 20.8. The fourth-order valence-corrected chi connectivity index (χ4v) is 9.16. The Hall–Kier alpha value is -2.21. The van der Waals surface area contributed by atoms with Crippen LogP contribution >= 0.6 is 0 Å². The predicted octanol–water partition coefficient (Wildman–Crippen LogP) is 6.04. The molecule has 2 N–H and O–H groups in total. The number of ether oxygens (including phenoxy) is 1. The number of aliphatic carboxylic acids is 1. The molecule has 8 atom stereocenters. The van der Waals surface area contributed by atoms with Gasteiger partial charge >= 0.3 is 11.9 Å². The van der Waals surface area contributed by atoms with E-state index in [1.165, 1.54) is 31.1 Å². The van der Waals surface area contributed by atoms with Gasteiger partial charge in [-0.1, -0.05) is 53.7 Å². The van der Waals surface area contributed by atoms with Crippen LogP contribution in [0, 0.1) is 39.4 Å². The van der Waals surface area contributed by atoms with Gasteiger partial charge in [0.15, 0.2) is 5.78 Å². The fraction of sp³-hybridized carbons (Fsp3) is 0.719. The lowest BCUT2D eigenvalue weighted by molar-refractivity contribution is -0.165. The average Bonchev–Trinajstić information content (AvgIpc) is 3.02. The zero-order chi connectivity index (χ0) is 28.4. The van der Waals surface area contributed by atoms with Gasteiger partial charge in [0.2, 0.25) is 0 Å². The largest absolute Gasteiger partial charge is 0.478 e. The van der Waals surface area contributed by atoms with Gasteiger partial charge in [-0.2, -0.15) is 0 Å². The lowest BCUT2D eigenvalue weighted by atomic mass is 9.44. The minimum Gasteiger partial charge on any atom is -0.478 e. The van der Waals surface area contributed by atoms with E-state index in [1.807, 2.05) is 0 Å². The molecule has 0 aliphatic heterocycles. The molecule has 210 valence electrons. The number of hydrogen-bond acceptors (Lipinski definition) is 5. The van der Waals surface area contributed by atoms with Crippen molar-refractivity contribution >= 4 is 17.7 Å². The van der Waals surface area contributed by atoms with E-state index in [4.69, 9.17) is 9.84 Å². The quantitative estimate of drug-likeness (QED) is 0.323. The zero-order valence-corrected chi connectivity index (χ0v) is 24.4. The predicted molar refractivity (Wildman–Crippen MR) is 146 cm³/mol. The molecule has 6 heteroatoms. The van der Waals surface area contributed by atoms with E-state index in [2.05, 4.69) is 53.7 Å². The number of aliphatic hydroxyl groups excluding tert-OH is 1. The lowest BCUT2D eigenvalue weighted by Crippen LogP contribution is -2.56. The molecule has 2 fully saturated rings. The number of aliphatic hydroxyl groups is 1. The number of carboxylic acid groups (broad SMARTS) is 1. The molecule has 0 bridgehead atoms. The van der Waals surface area contributed by atoms with Gasteiger partial charge in [0, 0.05) is 29.7 Å². The molecule has 0 amide bonds. The Morgan fingerprint density at radius 2 is 1.76 bits per heavy atom. The van der Waals surface area contributed by atoms with Crippen LogP contribution in [0.3, 0.4) is 0 Å². The molecular formula is C32H46O6. The summed E-state index contributed by atoms with van der Waals surface area (Å²) < 4.78 is 5.78. The van der Waals surface area contributed by atoms with Crippen LogP contribution < -0.4 is 0 Å². The molecule has 0 radical (unpaired) electrons. The van der Waals surface area contributed by atoms with Crippen LogP contribution in [0.4, 0.5) is 0 Å². The summed E-state index contributed by atoms with van der Waals surface area (Å²) in [6, 6.07) is 0. The van der Waals surface area contributed by atoms with Gasteiger partial charge in [0.25, 0.3) is 0 Å². The first-order chi connectivity index (χ1) is 17.5. The van der Waals surface area contributed by atoms with Gasteiger partial charge in [-0.25, -0.2) is 4.79 Å². The highest BCUT2D eigenvalue weighted by molar-refractivity contribution is 5.98. The summed E-state index contributed by atoms with van der Waals surface area (Å²) in [6.07, 6.45) is 9.76. The molecule has 2 saturated carbocycles. The number of fused-ring (bicyclic) bond motifs is 5. The highest BCUT2D eigenvalue weighted by Gasteiger charge is 2.66. The van der Waals surface area contributed by atoms with E-state index in [1.54, 1.807) is 0 Å². The van der Waals surface area contributed by atoms with Crippen molar-refractivity contribution in [3.05, 3.63) is 34.9 Å². The topological polar surface area (TPSA) is 101 Å². The summed E-state index contributed by atoms with van der Waals surface area (Å²) in [5.74, 6) is -0.998. The maximum atomic E-state index is 12.7. The summed E-state index contributed by atoms with van der Waals surface area (Å²) >= 11 is 0. The maximum Gasteiger partial charge on any atom is 0.331 e. The second-order valence-electron chi connectivity index (χ2n) is 13.9. The first kappa shape index (κ1) is 28.8. The van der Waals surface area contributed by atoms with Gasteiger partial charge in [-0.3, -0.25) is 9.59 Å². The summed E-state index contributed by atoms with van der Waals surface area (Å²) in [4.78, 5) is 35.7. The van der Waals surface area contributed by atoms with E-state index >= 15 is 0 Å². The molecule has 4 aliphatic rings. The highest BCUT2D eigenvalue weighted by atomic mass is 16.5. The number of carbonyl (C=O) groups excluding carboxylic acids is 2. The Balaban J connectivity index is 1.66. The molecule has 0 saturated heterocycles. The number of esters is 1. The van der Waals surface area contributed by atoms with Crippen LogP contribution in [-0.4, -0.2) is 40.1 Å². The second kappa shape index (κ2) is 9.46. The van der Waals surface area contributed by atoms with Gasteiger partial charge in [0.05, 0.1) is 6.10 Å². The van der Waals surface area contributed by atoms with E-state index in [0.29, 0.717) is 12.3 Å². The van der Waals surface area contributed by atoms with Gasteiger partial charge < -0.3 is 14.9 Å². The number of carbonyl (C=O) groups is 3. The Kier molecular flexibility index (Phi) is 7.17. The Morgan fingerprint density at radius 3 is 2.37 bits per heavy atom. The molecule has 0 aromatic rings. The molecule has 0 unspecified atom stereocenters. The van der Waals surface area contributed by atoms with Crippen LogP contribution in [0.1, 0.15) is 93.9 Å². The van der Waals surface area contributed by atoms with Crippen molar-refractivity contribution in [3.8, 4) is 0 Å². The number of hydrogen-bond donors (Lipinski definition) is 2. The van der Waals surface area contributed by atoms with Crippen LogP contribution in [-0.2, 0) is 19.1 Å². The molecule has 0 aromatic heterocycles. The smallest absolute Gasteiger partial charge is 0.331 e. The van der Waals surface area contributed by atoms with E-state index < -0.39 is 17.5 Å². The summed E-state index contributed by atoms with van der Waals surface area (Å²) in [5.41, 5.74) is 1.78. The van der Waals surface area contributed by atoms with Crippen LogP contribution in [0.15, 0.2) is 34.9 Å². The van der Waals surface area contributed by atoms with E-state index in [-0.39, 0.29) is 57.9 Å². The summed E-state index contributed by atoms with van der Waals surface area (Å²) in [7, 11) is 0. The SMILES string of the molecule is CC(=O)O[C@@H]1CC[C@]2(C)C3=CC[C@]4(C)[C@@H]([C@@H](C)CC(=O)/C=C(\C)C(=O)O)C[C@@H](O)[C@@]4(C)C3=CC[C@@H]2C1(C)C. The molecule has 38 heavy (non-hydrogen) atoms. The first-order valence-electron chi connectivity index (χ1n) is 14.2. The maximum absolute atomic E-state index is 12.7. The zero-order valence-electron chi connectivity index (χ0n) is 24.4. The molecule has 0 heterocycles. The number of ketones is 1. The second-order valence-corrected chi connectivity index (χ2v) is 13.9. The standard InChI is InChI=1S/C32H46O6/c1-18(15-21(34)16-19(2)28(36)37)24-17-26(35)32(8)23-9-10-25-29(4,5)27(38-20(3)33)12-13-30(25,6)22(23)11-14-31(24,32)7/h9,11,16,18,24-27,35H,10,12-15,17H2,1-8H3,(H,36,37)/b19-16+/t18-,24+,25+,26+,27+,30+,31+,32+/m0/s1. The third kappa shape index (κ3) is 4.13. The molecule has 4 aliphatic carbocycles. The molecule has 0 spiro atoms. The lowest BCUT2D eigenvalue weighted by Gasteiger charge is -2.61. The van der Waals surface area contributed by atoms with Crippen molar-refractivity contribution in [2.75, 3.05) is 0 Å². The van der Waals surface area contributed by atoms with Gasteiger partial charge in [0.1, 0.15) is 6.10 Å². The normalized spacial score (nSPS) is 40.6. The third-order valence-electron chi connectivity index (χ3n) is 11.6. The Morgan fingerprint density at radius 1 is 1.11 bits per heavy atom. The van der Waals surface area contributed by atoms with E-state index in [9.17, 15) is 19.5 Å². The molecule has 0 aromatic carbocycles. The summed E-state index contributed by atoms with van der Waals surface area (Å²) in [6.45, 7) is 16.3. The molecular weight excluding hydrogens is 480 g/mol. The minimum atomic E-state index is -1.08. The monoisotopic (exact) mass is 526 g/mol. The van der Waals surface area contributed by atoms with Crippen molar-refractivity contribution in [1.29, 1.82) is 0 Å². The Labute approximate surface area is 227 Å².